The highest BCUT2D eigenvalue weighted by atomic mass is 15.1. The number of rotatable bonds is 7. The summed E-state index contributed by atoms with van der Waals surface area (Å²) in [7, 11) is 0. The van der Waals surface area contributed by atoms with E-state index in [2.05, 4.69) is 114 Å². The van der Waals surface area contributed by atoms with E-state index in [1.54, 1.807) is 0 Å². The van der Waals surface area contributed by atoms with E-state index in [0.29, 0.717) is 5.82 Å². The zero-order valence-corrected chi connectivity index (χ0v) is 21.4. The Balaban J connectivity index is 1.32. The van der Waals surface area contributed by atoms with Crippen molar-refractivity contribution < 1.29 is 0 Å². The van der Waals surface area contributed by atoms with Crippen LogP contribution in [-0.4, -0.2) is 9.97 Å². The molecular weight excluding hydrogens is 474 g/mol. The fraction of sp³-hybridized carbons (Fsp3) is 0. The molecule has 3 heteroatoms. The van der Waals surface area contributed by atoms with E-state index in [4.69, 9.17) is 9.97 Å². The Kier molecular flexibility index (Phi) is 7.04. The van der Waals surface area contributed by atoms with Gasteiger partial charge in [0, 0.05) is 28.2 Å². The van der Waals surface area contributed by atoms with Crippen LogP contribution in [0.5, 0.6) is 0 Å². The average molecular weight is 502 g/mol. The van der Waals surface area contributed by atoms with Crippen LogP contribution in [0.2, 0.25) is 0 Å². The summed E-state index contributed by atoms with van der Waals surface area (Å²) in [6, 6.07) is 51.9. The maximum atomic E-state index is 4.86. The predicted octanol–water partition coefficient (Wildman–Crippen LogP) is 9.45. The van der Waals surface area contributed by atoms with Gasteiger partial charge in [-0.1, -0.05) is 115 Å². The standard InChI is InChI=1S/C36H27N3/c1-5-13-29(14-6-1)34-27-35(30-15-7-2-8-16-30)38-36(37-34)26-23-28-21-24-33(25-22-28)39(31-17-9-3-10-18-31)32-19-11-4-12-20-32/h1-27H/b26-23+. The van der Waals surface area contributed by atoms with Gasteiger partial charge in [0.25, 0.3) is 0 Å². The lowest BCUT2D eigenvalue weighted by atomic mass is 10.1. The van der Waals surface area contributed by atoms with E-state index in [1.807, 2.05) is 54.6 Å². The molecule has 1 aromatic heterocycles. The Morgan fingerprint density at radius 2 is 0.821 bits per heavy atom. The molecule has 0 aliphatic carbocycles. The van der Waals surface area contributed by atoms with Gasteiger partial charge in [0.1, 0.15) is 0 Å². The summed E-state index contributed by atoms with van der Waals surface area (Å²) in [5.41, 5.74) is 8.35. The first kappa shape index (κ1) is 24.1. The molecule has 39 heavy (non-hydrogen) atoms. The second-order valence-electron chi connectivity index (χ2n) is 9.16. The highest BCUT2D eigenvalue weighted by Gasteiger charge is 2.11. The maximum absolute atomic E-state index is 4.86. The van der Waals surface area contributed by atoms with Gasteiger partial charge in [0.2, 0.25) is 0 Å². The minimum atomic E-state index is 0.675. The first-order chi connectivity index (χ1) is 19.3. The normalized spacial score (nSPS) is 11.0. The minimum absolute atomic E-state index is 0.675. The van der Waals surface area contributed by atoms with Gasteiger partial charge in [-0.05, 0) is 54.1 Å². The van der Waals surface area contributed by atoms with Crippen LogP contribution in [0.4, 0.5) is 17.1 Å². The van der Waals surface area contributed by atoms with Crippen LogP contribution in [0.3, 0.4) is 0 Å². The van der Waals surface area contributed by atoms with E-state index in [9.17, 15) is 0 Å². The summed E-state index contributed by atoms with van der Waals surface area (Å²) < 4.78 is 0. The molecule has 0 unspecified atom stereocenters. The number of nitrogens with zero attached hydrogens (tertiary/aromatic N) is 3. The lowest BCUT2D eigenvalue weighted by molar-refractivity contribution is 1.14. The van der Waals surface area contributed by atoms with Crippen LogP contribution in [0.25, 0.3) is 34.7 Å². The predicted molar refractivity (Wildman–Crippen MR) is 163 cm³/mol. The van der Waals surface area contributed by atoms with E-state index in [0.717, 1.165) is 45.1 Å². The Labute approximate surface area is 229 Å². The fourth-order valence-electron chi connectivity index (χ4n) is 4.56. The maximum Gasteiger partial charge on any atom is 0.153 e. The molecule has 0 aliphatic heterocycles. The summed E-state index contributed by atoms with van der Waals surface area (Å²) in [4.78, 5) is 12.0. The summed E-state index contributed by atoms with van der Waals surface area (Å²) in [6.07, 6.45) is 4.05. The van der Waals surface area contributed by atoms with Crippen molar-refractivity contribution in [1.29, 1.82) is 0 Å². The van der Waals surface area contributed by atoms with Crippen molar-refractivity contribution in [1.82, 2.24) is 9.97 Å². The van der Waals surface area contributed by atoms with E-state index >= 15 is 0 Å². The van der Waals surface area contributed by atoms with Crippen LogP contribution in [0.1, 0.15) is 11.4 Å². The van der Waals surface area contributed by atoms with Crippen molar-refractivity contribution in [3.63, 3.8) is 0 Å². The molecule has 186 valence electrons. The molecule has 0 radical (unpaired) electrons. The van der Waals surface area contributed by atoms with Gasteiger partial charge in [-0.2, -0.15) is 0 Å². The largest absolute Gasteiger partial charge is 0.311 e. The Hall–Kier alpha value is -5.28. The Morgan fingerprint density at radius 3 is 1.28 bits per heavy atom. The average Bonchev–Trinajstić information content (AvgIpc) is 3.03. The lowest BCUT2D eigenvalue weighted by Crippen LogP contribution is -2.09. The van der Waals surface area contributed by atoms with Gasteiger partial charge in [-0.3, -0.25) is 0 Å². The van der Waals surface area contributed by atoms with E-state index < -0.39 is 0 Å². The fourth-order valence-corrected chi connectivity index (χ4v) is 4.56. The number of benzene rings is 5. The Morgan fingerprint density at radius 1 is 0.410 bits per heavy atom. The second-order valence-corrected chi connectivity index (χ2v) is 9.16. The second kappa shape index (κ2) is 11.4. The molecule has 0 atom stereocenters. The van der Waals surface area contributed by atoms with Gasteiger partial charge in [-0.15, -0.1) is 0 Å². The highest BCUT2D eigenvalue weighted by molar-refractivity contribution is 5.78. The smallest absolute Gasteiger partial charge is 0.153 e. The summed E-state index contributed by atoms with van der Waals surface area (Å²) in [6.45, 7) is 0. The molecule has 0 saturated carbocycles. The molecule has 3 nitrogen and oxygen atoms in total. The van der Waals surface area contributed by atoms with Crippen LogP contribution < -0.4 is 4.90 Å². The SMILES string of the molecule is C(=C\c1nc(-c2ccccc2)cc(-c2ccccc2)n1)/c1ccc(N(c2ccccc2)c2ccccc2)cc1. The van der Waals surface area contributed by atoms with Crippen molar-refractivity contribution in [2.45, 2.75) is 0 Å². The topological polar surface area (TPSA) is 29.0 Å². The molecule has 0 aliphatic rings. The van der Waals surface area contributed by atoms with E-state index in [-0.39, 0.29) is 0 Å². The minimum Gasteiger partial charge on any atom is -0.311 e. The number of hydrogen-bond acceptors (Lipinski definition) is 3. The molecule has 0 fully saturated rings. The number of hydrogen-bond donors (Lipinski definition) is 0. The summed E-state index contributed by atoms with van der Waals surface area (Å²) >= 11 is 0. The third kappa shape index (κ3) is 5.68. The molecule has 0 N–H and O–H groups in total. The van der Waals surface area contributed by atoms with Crippen molar-refractivity contribution >= 4 is 29.2 Å². The van der Waals surface area contributed by atoms with Crippen molar-refractivity contribution in [3.05, 3.63) is 163 Å². The quantitative estimate of drug-likeness (QED) is 0.218. The molecule has 0 amide bonds. The highest BCUT2D eigenvalue weighted by Crippen LogP contribution is 2.34. The van der Waals surface area contributed by atoms with Gasteiger partial charge < -0.3 is 4.90 Å². The van der Waals surface area contributed by atoms with Crippen LogP contribution in [0, 0.1) is 0 Å². The Bertz CT molecular complexity index is 1570. The van der Waals surface area contributed by atoms with Gasteiger partial charge >= 0.3 is 0 Å². The zero-order valence-electron chi connectivity index (χ0n) is 21.4. The molecule has 6 aromatic rings. The first-order valence-electron chi connectivity index (χ1n) is 13.0. The van der Waals surface area contributed by atoms with Crippen LogP contribution >= 0.6 is 0 Å². The molecule has 1 heterocycles. The molecule has 5 aromatic carbocycles. The zero-order chi connectivity index (χ0) is 26.3. The van der Waals surface area contributed by atoms with E-state index in [1.165, 1.54) is 0 Å². The van der Waals surface area contributed by atoms with Crippen LogP contribution in [0.15, 0.2) is 152 Å². The number of aromatic nitrogens is 2. The summed E-state index contributed by atoms with van der Waals surface area (Å²) in [5.74, 6) is 0.675. The molecule has 0 saturated heterocycles. The third-order valence-electron chi connectivity index (χ3n) is 6.49. The van der Waals surface area contributed by atoms with Gasteiger partial charge in [-0.25, -0.2) is 9.97 Å². The van der Waals surface area contributed by atoms with Crippen LogP contribution in [-0.2, 0) is 0 Å². The molecule has 0 spiro atoms. The van der Waals surface area contributed by atoms with Gasteiger partial charge in [0.05, 0.1) is 11.4 Å². The van der Waals surface area contributed by atoms with Crippen molar-refractivity contribution in [2.24, 2.45) is 0 Å². The first-order valence-corrected chi connectivity index (χ1v) is 13.0. The lowest BCUT2D eigenvalue weighted by Gasteiger charge is -2.25. The summed E-state index contributed by atoms with van der Waals surface area (Å²) in [5, 5.41) is 0. The monoisotopic (exact) mass is 501 g/mol. The van der Waals surface area contributed by atoms with Crippen molar-refractivity contribution in [3.8, 4) is 22.5 Å². The van der Waals surface area contributed by atoms with Gasteiger partial charge in [0.15, 0.2) is 5.82 Å². The third-order valence-corrected chi connectivity index (χ3v) is 6.49. The molecule has 0 bridgehead atoms. The molecule has 6 rings (SSSR count). The number of anilines is 3. The number of para-hydroxylation sites is 2. The van der Waals surface area contributed by atoms with Crippen molar-refractivity contribution in [2.75, 3.05) is 4.90 Å². The molecular formula is C36H27N3.